The van der Waals surface area contributed by atoms with Gasteiger partial charge in [0.15, 0.2) is 0 Å². The van der Waals surface area contributed by atoms with Gasteiger partial charge in [-0.1, -0.05) is 29.8 Å². The van der Waals surface area contributed by atoms with Gasteiger partial charge in [0, 0.05) is 10.6 Å². The molecule has 0 unspecified atom stereocenters. The van der Waals surface area contributed by atoms with E-state index in [9.17, 15) is 5.11 Å². The molecule has 0 amide bonds. The molecule has 3 aromatic rings. The Morgan fingerprint density at radius 3 is 2.59 bits per heavy atom. The molecule has 7 nitrogen and oxygen atoms in total. The molecule has 2 atom stereocenters. The lowest BCUT2D eigenvalue weighted by atomic mass is 9.87. The van der Waals surface area contributed by atoms with Crippen molar-refractivity contribution in [2.45, 2.75) is 25.1 Å². The monoisotopic (exact) mass is 318 g/mol. The number of hydrogen-bond acceptors (Lipinski definition) is 5. The number of rotatable bonds is 5. The number of benzene rings is 1. The molecule has 2 heterocycles. The van der Waals surface area contributed by atoms with Crippen LogP contribution in [0.25, 0.3) is 0 Å². The lowest BCUT2D eigenvalue weighted by molar-refractivity contribution is -0.0384. The molecule has 2 aromatic heterocycles. The molecule has 1 aromatic carbocycles. The molecule has 22 heavy (non-hydrogen) atoms. The van der Waals surface area contributed by atoms with E-state index in [4.69, 9.17) is 11.6 Å². The zero-order valence-corrected chi connectivity index (χ0v) is 12.7. The van der Waals surface area contributed by atoms with Crippen molar-refractivity contribution in [2.24, 2.45) is 0 Å². The van der Waals surface area contributed by atoms with Crippen LogP contribution < -0.4 is 0 Å². The van der Waals surface area contributed by atoms with Crippen LogP contribution in [0.15, 0.2) is 49.3 Å². The largest absolute Gasteiger partial charge is 0.381 e. The third-order valence-corrected chi connectivity index (χ3v) is 4.01. The summed E-state index contributed by atoms with van der Waals surface area (Å²) >= 11 is 6.30. The summed E-state index contributed by atoms with van der Waals surface area (Å²) in [5.41, 5.74) is -0.748. The summed E-state index contributed by atoms with van der Waals surface area (Å²) in [5.74, 6) is 0. The second kappa shape index (κ2) is 5.86. The number of nitrogens with zero attached hydrogens (tertiary/aromatic N) is 6. The third kappa shape index (κ3) is 2.60. The van der Waals surface area contributed by atoms with Crippen molar-refractivity contribution in [1.29, 1.82) is 0 Å². The summed E-state index contributed by atoms with van der Waals surface area (Å²) in [6.07, 6.45) is 6.10. The fourth-order valence-corrected chi connectivity index (χ4v) is 2.73. The van der Waals surface area contributed by atoms with Gasteiger partial charge in [-0.05, 0) is 13.0 Å². The molecule has 3 rings (SSSR count). The molecule has 0 saturated carbocycles. The molecule has 1 N–H and O–H groups in total. The first kappa shape index (κ1) is 14.7. The summed E-state index contributed by atoms with van der Waals surface area (Å²) in [4.78, 5) is 5.37. The fraction of sp³-hybridized carbons (Fsp3) is 0.286. The van der Waals surface area contributed by atoms with Crippen LogP contribution in [0.2, 0.25) is 5.02 Å². The molecular weight excluding hydrogens is 304 g/mol. The standard InChI is InChI=1S/C14H15ClN6O/c1-11(21-17-6-7-18-21)14(22,8-20-10-16-9-19-20)12-4-2-3-5-13(12)15/h2-7,9-11,22H,8H2,1H3/t11-,14-/m1/s1. The Kier molecular flexibility index (Phi) is 3.91. The molecule has 8 heteroatoms. The molecule has 0 radical (unpaired) electrons. The van der Waals surface area contributed by atoms with Crippen LogP contribution in [-0.4, -0.2) is 34.9 Å². The molecule has 0 bridgehead atoms. The number of halogens is 1. The normalized spacial score (nSPS) is 15.4. The third-order valence-electron chi connectivity index (χ3n) is 3.68. The predicted molar refractivity (Wildman–Crippen MR) is 80.1 cm³/mol. The van der Waals surface area contributed by atoms with Gasteiger partial charge in [-0.25, -0.2) is 9.67 Å². The summed E-state index contributed by atoms with van der Waals surface area (Å²) in [5, 5.41) is 24.2. The topological polar surface area (TPSA) is 81.6 Å². The van der Waals surface area contributed by atoms with Crippen molar-refractivity contribution in [3.8, 4) is 0 Å². The van der Waals surface area contributed by atoms with Crippen molar-refractivity contribution in [2.75, 3.05) is 0 Å². The Balaban J connectivity index is 2.07. The van der Waals surface area contributed by atoms with Gasteiger partial charge in [0.05, 0.1) is 18.9 Å². The fourth-order valence-electron chi connectivity index (χ4n) is 2.43. The van der Waals surface area contributed by atoms with Crippen molar-refractivity contribution >= 4 is 11.6 Å². The summed E-state index contributed by atoms with van der Waals surface area (Å²) in [6, 6.07) is 6.73. The van der Waals surface area contributed by atoms with E-state index in [0.29, 0.717) is 10.6 Å². The van der Waals surface area contributed by atoms with Crippen molar-refractivity contribution in [1.82, 2.24) is 29.8 Å². The zero-order chi connectivity index (χ0) is 15.6. The molecule has 0 spiro atoms. The Bertz CT molecular complexity index is 730. The smallest absolute Gasteiger partial charge is 0.137 e. The molecule has 0 aliphatic rings. The van der Waals surface area contributed by atoms with Gasteiger partial charge >= 0.3 is 0 Å². The van der Waals surface area contributed by atoms with Gasteiger partial charge in [-0.15, -0.1) is 0 Å². The molecular formula is C14H15ClN6O. The van der Waals surface area contributed by atoms with Crippen molar-refractivity contribution in [3.05, 3.63) is 59.9 Å². The average molecular weight is 319 g/mol. The molecule has 114 valence electrons. The maximum atomic E-state index is 11.4. The predicted octanol–water partition coefficient (Wildman–Crippen LogP) is 1.67. The molecule has 0 fully saturated rings. The van der Waals surface area contributed by atoms with E-state index in [1.54, 1.807) is 35.5 Å². The first-order chi connectivity index (χ1) is 10.6. The van der Waals surface area contributed by atoms with Gasteiger partial charge in [0.2, 0.25) is 0 Å². The van der Waals surface area contributed by atoms with Crippen LogP contribution in [0, 0.1) is 0 Å². The molecule has 0 saturated heterocycles. The van der Waals surface area contributed by atoms with Gasteiger partial charge in [0.1, 0.15) is 24.3 Å². The van der Waals surface area contributed by atoms with E-state index in [-0.39, 0.29) is 6.54 Å². The highest BCUT2D eigenvalue weighted by Gasteiger charge is 2.40. The van der Waals surface area contributed by atoms with Gasteiger partial charge in [0.25, 0.3) is 0 Å². The SMILES string of the molecule is C[C@@H](n1nccn1)[C@](O)(Cn1cncn1)c1ccccc1Cl. The Hall–Kier alpha value is -2.25. The number of aliphatic hydroxyl groups is 1. The van der Waals surface area contributed by atoms with Crippen molar-refractivity contribution < 1.29 is 5.11 Å². The Morgan fingerprint density at radius 2 is 1.95 bits per heavy atom. The number of hydrogen-bond donors (Lipinski definition) is 1. The summed E-state index contributed by atoms with van der Waals surface area (Å²) < 4.78 is 1.56. The highest BCUT2D eigenvalue weighted by Crippen LogP contribution is 2.37. The minimum Gasteiger partial charge on any atom is -0.381 e. The van der Waals surface area contributed by atoms with E-state index in [2.05, 4.69) is 20.3 Å². The first-order valence-electron chi connectivity index (χ1n) is 6.77. The van der Waals surface area contributed by atoms with E-state index in [0.717, 1.165) is 0 Å². The van der Waals surface area contributed by atoms with Gasteiger partial charge in [-0.2, -0.15) is 20.1 Å². The summed E-state index contributed by atoms with van der Waals surface area (Å²) in [7, 11) is 0. The minimum absolute atomic E-state index is 0.180. The Morgan fingerprint density at radius 1 is 1.23 bits per heavy atom. The van der Waals surface area contributed by atoms with E-state index >= 15 is 0 Å². The second-order valence-electron chi connectivity index (χ2n) is 5.02. The quantitative estimate of drug-likeness (QED) is 0.774. The van der Waals surface area contributed by atoms with E-state index in [1.165, 1.54) is 11.1 Å². The van der Waals surface area contributed by atoms with Gasteiger partial charge in [-0.3, -0.25) is 0 Å². The maximum Gasteiger partial charge on any atom is 0.137 e. The van der Waals surface area contributed by atoms with E-state index in [1.807, 2.05) is 19.1 Å². The second-order valence-corrected chi connectivity index (χ2v) is 5.43. The number of aromatic nitrogens is 6. The zero-order valence-electron chi connectivity index (χ0n) is 11.9. The molecule has 0 aliphatic heterocycles. The van der Waals surface area contributed by atoms with Crippen LogP contribution in [0.5, 0.6) is 0 Å². The van der Waals surface area contributed by atoms with Crippen LogP contribution in [0.3, 0.4) is 0 Å². The first-order valence-corrected chi connectivity index (χ1v) is 7.14. The molecule has 0 aliphatic carbocycles. The highest BCUT2D eigenvalue weighted by molar-refractivity contribution is 6.31. The highest BCUT2D eigenvalue weighted by atomic mass is 35.5. The van der Waals surface area contributed by atoms with Crippen LogP contribution in [-0.2, 0) is 12.1 Å². The summed E-state index contributed by atoms with van der Waals surface area (Å²) in [6.45, 7) is 2.01. The van der Waals surface area contributed by atoms with E-state index < -0.39 is 11.6 Å². The maximum absolute atomic E-state index is 11.4. The minimum atomic E-state index is -1.34. The van der Waals surface area contributed by atoms with Crippen molar-refractivity contribution in [3.63, 3.8) is 0 Å². The Labute approximate surface area is 132 Å². The van der Waals surface area contributed by atoms with Gasteiger partial charge < -0.3 is 5.11 Å². The average Bonchev–Trinajstić information content (AvgIpc) is 3.20. The lowest BCUT2D eigenvalue weighted by Gasteiger charge is -2.34. The van der Waals surface area contributed by atoms with Crippen LogP contribution >= 0.6 is 11.6 Å². The van der Waals surface area contributed by atoms with Crippen LogP contribution in [0.4, 0.5) is 0 Å². The lowest BCUT2D eigenvalue weighted by Crippen LogP contribution is -2.40. The van der Waals surface area contributed by atoms with Crippen LogP contribution in [0.1, 0.15) is 18.5 Å².